The number of hydrogen-bond donors (Lipinski definition) is 1. The molecule has 35 heavy (non-hydrogen) atoms. The molecule has 0 aliphatic carbocycles. The van der Waals surface area contributed by atoms with Gasteiger partial charge in [-0.3, -0.25) is 4.79 Å². The number of amides is 1. The van der Waals surface area contributed by atoms with Gasteiger partial charge in [-0.25, -0.2) is 14.4 Å². The van der Waals surface area contributed by atoms with E-state index in [4.69, 9.17) is 26.8 Å². The minimum Gasteiger partial charge on any atom is -0.480 e. The summed E-state index contributed by atoms with van der Waals surface area (Å²) in [5.41, 5.74) is 7.55. The number of methoxy groups -OCH3 is 1. The maximum absolute atomic E-state index is 15.2. The third-order valence-corrected chi connectivity index (χ3v) is 7.24. The van der Waals surface area contributed by atoms with Gasteiger partial charge in [-0.2, -0.15) is 5.10 Å². The number of nitrogens with two attached hydrogens (primary N) is 1. The van der Waals surface area contributed by atoms with Crippen molar-refractivity contribution in [3.8, 4) is 17.1 Å². The molecule has 4 aromatic rings. The normalized spacial score (nSPS) is 14.8. The monoisotopic (exact) mass is 514 g/mol. The minimum absolute atomic E-state index is 0.0400. The summed E-state index contributed by atoms with van der Waals surface area (Å²) in [7, 11) is 1.45. The summed E-state index contributed by atoms with van der Waals surface area (Å²) in [6, 6.07) is 7.74. The molecule has 0 saturated carbocycles. The van der Waals surface area contributed by atoms with Crippen molar-refractivity contribution in [1.82, 2.24) is 20.2 Å². The van der Waals surface area contributed by atoms with Gasteiger partial charge in [0, 0.05) is 29.7 Å². The van der Waals surface area contributed by atoms with Crippen molar-refractivity contribution in [3.05, 3.63) is 58.8 Å². The van der Waals surface area contributed by atoms with Crippen molar-refractivity contribution in [1.29, 1.82) is 0 Å². The maximum Gasteiger partial charge on any atom is 0.233 e. The van der Waals surface area contributed by atoms with Crippen LogP contribution >= 0.6 is 22.9 Å². The lowest BCUT2D eigenvalue weighted by atomic mass is 9.92. The average Bonchev–Trinajstić information content (AvgIpc) is 3.31. The molecule has 1 aliphatic rings. The van der Waals surface area contributed by atoms with Crippen LogP contribution in [0.4, 0.5) is 9.39 Å². The van der Waals surface area contributed by atoms with Gasteiger partial charge in [0.1, 0.15) is 18.1 Å². The highest BCUT2D eigenvalue weighted by Gasteiger charge is 2.28. The molecule has 12 heteroatoms. The second-order valence-electron chi connectivity index (χ2n) is 7.81. The van der Waals surface area contributed by atoms with Crippen LogP contribution in [0.25, 0.3) is 21.5 Å². The number of benzene rings is 1. The largest absolute Gasteiger partial charge is 0.480 e. The third kappa shape index (κ3) is 4.49. The van der Waals surface area contributed by atoms with Gasteiger partial charge in [0.25, 0.3) is 0 Å². The van der Waals surface area contributed by atoms with Gasteiger partial charge in [-0.05, 0) is 29.8 Å². The van der Waals surface area contributed by atoms with Crippen LogP contribution in [0.15, 0.2) is 36.7 Å². The molecule has 0 radical (unpaired) electrons. The SMILES string of the molecule is COc1ccc(C(C(N)=O)c2cc(-c3ncnc4cc(N5CCOCC5)sc34)c(F)cc2Cl)nn1. The molecule has 1 aliphatic heterocycles. The van der Waals surface area contributed by atoms with Gasteiger partial charge >= 0.3 is 0 Å². The van der Waals surface area contributed by atoms with Crippen molar-refractivity contribution >= 4 is 44.1 Å². The second kappa shape index (κ2) is 9.68. The quantitative estimate of drug-likeness (QED) is 0.416. The van der Waals surface area contributed by atoms with Crippen LogP contribution in [0.3, 0.4) is 0 Å². The molecular weight excluding hydrogens is 495 g/mol. The van der Waals surface area contributed by atoms with E-state index in [-0.39, 0.29) is 22.2 Å². The molecule has 1 saturated heterocycles. The Balaban J connectivity index is 1.62. The molecular formula is C23H20ClFN6O3S. The smallest absolute Gasteiger partial charge is 0.233 e. The first-order chi connectivity index (χ1) is 17.0. The summed E-state index contributed by atoms with van der Waals surface area (Å²) in [5, 5.41) is 9.01. The van der Waals surface area contributed by atoms with Gasteiger partial charge in [0.2, 0.25) is 11.8 Å². The molecule has 0 spiro atoms. The van der Waals surface area contributed by atoms with E-state index in [1.807, 2.05) is 6.07 Å². The van der Waals surface area contributed by atoms with Crippen LogP contribution in [0.1, 0.15) is 17.2 Å². The summed E-state index contributed by atoms with van der Waals surface area (Å²) in [6.45, 7) is 2.81. The Hall–Kier alpha value is -3.41. The highest BCUT2D eigenvalue weighted by molar-refractivity contribution is 7.23. The van der Waals surface area contributed by atoms with Crippen LogP contribution in [0, 0.1) is 5.82 Å². The average molecular weight is 515 g/mol. The zero-order chi connectivity index (χ0) is 24.5. The number of primary amides is 1. The van der Waals surface area contributed by atoms with E-state index >= 15 is 4.39 Å². The summed E-state index contributed by atoms with van der Waals surface area (Å²) in [6.07, 6.45) is 1.39. The highest BCUT2D eigenvalue weighted by atomic mass is 35.5. The Kier molecular flexibility index (Phi) is 6.46. The number of anilines is 1. The summed E-state index contributed by atoms with van der Waals surface area (Å²) >= 11 is 7.87. The number of carbonyl (C=O) groups is 1. The van der Waals surface area contributed by atoms with Crippen LogP contribution < -0.4 is 15.4 Å². The van der Waals surface area contributed by atoms with E-state index in [9.17, 15) is 4.79 Å². The van der Waals surface area contributed by atoms with E-state index in [0.29, 0.717) is 30.0 Å². The number of thiophene rings is 1. The van der Waals surface area contributed by atoms with Crippen LogP contribution in [0.5, 0.6) is 5.88 Å². The number of aromatic nitrogens is 4. The molecule has 0 bridgehead atoms. The van der Waals surface area contributed by atoms with Crippen molar-refractivity contribution < 1.29 is 18.7 Å². The van der Waals surface area contributed by atoms with Gasteiger partial charge in [-0.15, -0.1) is 16.4 Å². The Morgan fingerprint density at radius 3 is 2.71 bits per heavy atom. The number of hydrogen-bond acceptors (Lipinski definition) is 9. The second-order valence-corrected chi connectivity index (χ2v) is 9.25. The third-order valence-electron chi connectivity index (χ3n) is 5.72. The lowest BCUT2D eigenvalue weighted by Gasteiger charge is -2.27. The predicted octanol–water partition coefficient (Wildman–Crippen LogP) is 3.40. The minimum atomic E-state index is -1.05. The molecule has 2 N–H and O–H groups in total. The number of fused-ring (bicyclic) bond motifs is 1. The first kappa shape index (κ1) is 23.3. The lowest BCUT2D eigenvalue weighted by molar-refractivity contribution is -0.118. The fourth-order valence-electron chi connectivity index (χ4n) is 3.99. The molecule has 1 amide bonds. The summed E-state index contributed by atoms with van der Waals surface area (Å²) in [5.74, 6) is -2.06. The number of ether oxygens (including phenoxy) is 2. The van der Waals surface area contributed by atoms with E-state index < -0.39 is 17.6 Å². The number of nitrogens with zero attached hydrogens (tertiary/aromatic N) is 5. The van der Waals surface area contributed by atoms with Crippen molar-refractivity contribution in [2.75, 3.05) is 38.3 Å². The number of halogens is 2. The summed E-state index contributed by atoms with van der Waals surface area (Å²) < 4.78 is 26.4. The fraction of sp³-hybridized carbons (Fsp3) is 0.261. The van der Waals surface area contributed by atoms with E-state index in [1.54, 1.807) is 12.1 Å². The summed E-state index contributed by atoms with van der Waals surface area (Å²) in [4.78, 5) is 23.4. The Bertz CT molecular complexity index is 1390. The Morgan fingerprint density at radius 2 is 2.03 bits per heavy atom. The number of morpholine rings is 1. The van der Waals surface area contributed by atoms with Crippen LogP contribution in [0.2, 0.25) is 5.02 Å². The molecule has 4 heterocycles. The van der Waals surface area contributed by atoms with Gasteiger partial charge in [0.15, 0.2) is 0 Å². The van der Waals surface area contributed by atoms with E-state index in [2.05, 4.69) is 25.1 Å². The molecule has 5 rings (SSSR count). The van der Waals surface area contributed by atoms with E-state index in [0.717, 1.165) is 28.9 Å². The van der Waals surface area contributed by atoms with Crippen molar-refractivity contribution in [3.63, 3.8) is 0 Å². The standard InChI is InChI=1S/C23H20ClFN6O3S/c1-33-18-3-2-16(29-30-18)20(23(26)32)12-8-13(15(25)9-14(12)24)21-22-17(27-11-28-21)10-19(35-22)31-4-6-34-7-5-31/h2-3,8-11,20H,4-7H2,1H3,(H2,26,32). The van der Waals surface area contributed by atoms with Gasteiger partial charge in [-0.1, -0.05) is 11.6 Å². The molecule has 1 aromatic carbocycles. The van der Waals surface area contributed by atoms with Crippen molar-refractivity contribution in [2.24, 2.45) is 5.73 Å². The fourth-order valence-corrected chi connectivity index (χ4v) is 5.42. The maximum atomic E-state index is 15.2. The van der Waals surface area contributed by atoms with Gasteiger partial charge in [0.05, 0.1) is 46.9 Å². The number of carbonyl (C=O) groups excluding carboxylic acids is 1. The van der Waals surface area contributed by atoms with Crippen molar-refractivity contribution in [2.45, 2.75) is 5.92 Å². The molecule has 180 valence electrons. The zero-order valence-electron chi connectivity index (χ0n) is 18.6. The molecule has 3 aromatic heterocycles. The van der Waals surface area contributed by atoms with E-state index in [1.165, 1.54) is 30.8 Å². The zero-order valence-corrected chi connectivity index (χ0v) is 20.1. The predicted molar refractivity (Wildman–Crippen MR) is 130 cm³/mol. The first-order valence-corrected chi connectivity index (χ1v) is 11.9. The first-order valence-electron chi connectivity index (χ1n) is 10.7. The highest BCUT2D eigenvalue weighted by Crippen LogP contribution is 2.40. The molecule has 1 unspecified atom stereocenters. The number of rotatable bonds is 6. The molecule has 9 nitrogen and oxygen atoms in total. The molecule has 1 atom stereocenters. The lowest BCUT2D eigenvalue weighted by Crippen LogP contribution is -2.35. The topological polar surface area (TPSA) is 116 Å². The molecule has 1 fully saturated rings. The van der Waals surface area contributed by atoms with Crippen LogP contribution in [-0.2, 0) is 9.53 Å². The van der Waals surface area contributed by atoms with Gasteiger partial charge < -0.3 is 20.1 Å². The Labute approximate surface area is 208 Å². The Morgan fingerprint density at radius 1 is 1.23 bits per heavy atom. The van der Waals surface area contributed by atoms with Crippen LogP contribution in [-0.4, -0.2) is 59.5 Å².